The van der Waals surface area contributed by atoms with Crippen molar-refractivity contribution in [2.45, 2.75) is 20.3 Å². The number of nitrogens with zero attached hydrogens (tertiary/aromatic N) is 1. The number of benzene rings is 1. The van der Waals surface area contributed by atoms with Gasteiger partial charge < -0.3 is 11.1 Å². The first kappa shape index (κ1) is 13.5. The highest BCUT2D eigenvalue weighted by Gasteiger charge is 2.06. The van der Waals surface area contributed by atoms with E-state index in [-0.39, 0.29) is 5.91 Å². The van der Waals surface area contributed by atoms with Gasteiger partial charge in [0.1, 0.15) is 0 Å². The van der Waals surface area contributed by atoms with Crippen LogP contribution in [0.2, 0.25) is 0 Å². The summed E-state index contributed by atoms with van der Waals surface area (Å²) >= 11 is 1.63. The smallest absolute Gasteiger partial charge is 0.251 e. The molecule has 2 rings (SSSR count). The minimum Gasteiger partial charge on any atom is -0.399 e. The summed E-state index contributed by atoms with van der Waals surface area (Å²) in [5.74, 6) is -0.0740. The summed E-state index contributed by atoms with van der Waals surface area (Å²) in [5, 5.41) is 5.96. The Bertz CT molecular complexity index is 592. The van der Waals surface area contributed by atoms with E-state index < -0.39 is 0 Å². The molecule has 2 aromatic rings. The van der Waals surface area contributed by atoms with E-state index in [0.29, 0.717) is 17.8 Å². The summed E-state index contributed by atoms with van der Waals surface area (Å²) in [4.78, 5) is 16.3. The van der Waals surface area contributed by atoms with E-state index in [9.17, 15) is 4.79 Å². The topological polar surface area (TPSA) is 68.0 Å². The maximum Gasteiger partial charge on any atom is 0.251 e. The molecular weight excluding hydrogens is 258 g/mol. The molecular formula is C14H17N3OS. The van der Waals surface area contributed by atoms with Crippen molar-refractivity contribution in [3.8, 4) is 0 Å². The molecule has 1 aromatic carbocycles. The van der Waals surface area contributed by atoms with Gasteiger partial charge in [0.15, 0.2) is 0 Å². The number of nitrogens with one attached hydrogen (secondary N) is 1. The van der Waals surface area contributed by atoms with Gasteiger partial charge in [-0.1, -0.05) is 0 Å². The number of hydrogen-bond acceptors (Lipinski definition) is 4. The first-order chi connectivity index (χ1) is 9.06. The van der Waals surface area contributed by atoms with Crippen LogP contribution in [0.25, 0.3) is 0 Å². The van der Waals surface area contributed by atoms with Crippen LogP contribution in [0.1, 0.15) is 26.6 Å². The van der Waals surface area contributed by atoms with Gasteiger partial charge in [-0.2, -0.15) is 0 Å². The number of hydrogen-bond donors (Lipinski definition) is 2. The first-order valence-corrected chi connectivity index (χ1v) is 6.99. The number of aryl methyl sites for hydroxylation is 2. The Labute approximate surface area is 116 Å². The number of thiazole rings is 1. The molecule has 0 aliphatic carbocycles. The maximum atomic E-state index is 11.9. The fraction of sp³-hybridized carbons (Fsp3) is 0.286. The summed E-state index contributed by atoms with van der Waals surface area (Å²) < 4.78 is 0. The predicted octanol–water partition coefficient (Wildman–Crippen LogP) is 2.31. The zero-order chi connectivity index (χ0) is 13.8. The number of nitrogen functional groups attached to an aromatic ring is 1. The van der Waals surface area contributed by atoms with Crippen molar-refractivity contribution >= 4 is 22.9 Å². The SMILES string of the molecule is Cc1nc(CCNC(=O)c2ccc(N)c(C)c2)cs1. The summed E-state index contributed by atoms with van der Waals surface area (Å²) in [6.45, 7) is 4.46. The number of aromatic nitrogens is 1. The molecule has 19 heavy (non-hydrogen) atoms. The predicted molar refractivity (Wildman–Crippen MR) is 78.5 cm³/mol. The van der Waals surface area contributed by atoms with E-state index in [1.165, 1.54) is 0 Å². The number of carbonyl (C=O) groups is 1. The van der Waals surface area contributed by atoms with Crippen LogP contribution in [0, 0.1) is 13.8 Å². The molecule has 0 bridgehead atoms. The highest BCUT2D eigenvalue weighted by Crippen LogP contribution is 2.12. The molecule has 0 saturated carbocycles. The lowest BCUT2D eigenvalue weighted by Gasteiger charge is -2.06. The van der Waals surface area contributed by atoms with Crippen molar-refractivity contribution in [3.05, 3.63) is 45.4 Å². The number of anilines is 1. The Hall–Kier alpha value is -1.88. The molecule has 1 aromatic heterocycles. The highest BCUT2D eigenvalue weighted by atomic mass is 32.1. The quantitative estimate of drug-likeness (QED) is 0.841. The summed E-state index contributed by atoms with van der Waals surface area (Å²) in [6.07, 6.45) is 0.754. The molecule has 4 nitrogen and oxygen atoms in total. The molecule has 0 aliphatic heterocycles. The first-order valence-electron chi connectivity index (χ1n) is 6.11. The third kappa shape index (κ3) is 3.54. The fourth-order valence-corrected chi connectivity index (χ4v) is 2.39. The van der Waals surface area contributed by atoms with Gasteiger partial charge in [0, 0.05) is 29.6 Å². The van der Waals surface area contributed by atoms with Crippen LogP contribution >= 0.6 is 11.3 Å². The molecule has 3 N–H and O–H groups in total. The van der Waals surface area contributed by atoms with Gasteiger partial charge in [0.2, 0.25) is 0 Å². The van der Waals surface area contributed by atoms with Crippen molar-refractivity contribution in [3.63, 3.8) is 0 Å². The molecule has 0 aliphatic rings. The van der Waals surface area contributed by atoms with E-state index in [1.54, 1.807) is 29.5 Å². The van der Waals surface area contributed by atoms with Crippen molar-refractivity contribution < 1.29 is 4.79 Å². The lowest BCUT2D eigenvalue weighted by molar-refractivity contribution is 0.0954. The molecule has 0 unspecified atom stereocenters. The summed E-state index contributed by atoms with van der Waals surface area (Å²) in [7, 11) is 0. The average molecular weight is 275 g/mol. The van der Waals surface area contributed by atoms with E-state index in [0.717, 1.165) is 22.7 Å². The fourth-order valence-electron chi connectivity index (χ4n) is 1.75. The van der Waals surface area contributed by atoms with Gasteiger partial charge >= 0.3 is 0 Å². The molecule has 100 valence electrons. The van der Waals surface area contributed by atoms with Crippen LogP contribution in [-0.2, 0) is 6.42 Å². The maximum absolute atomic E-state index is 11.9. The second-order valence-corrected chi connectivity index (χ2v) is 5.50. The van der Waals surface area contributed by atoms with Crippen molar-refractivity contribution in [2.24, 2.45) is 0 Å². The number of rotatable bonds is 4. The number of carbonyl (C=O) groups excluding carboxylic acids is 1. The van der Waals surface area contributed by atoms with E-state index in [1.807, 2.05) is 19.2 Å². The number of amides is 1. The summed E-state index contributed by atoms with van der Waals surface area (Å²) in [5.41, 5.74) is 9.02. The van der Waals surface area contributed by atoms with E-state index >= 15 is 0 Å². The van der Waals surface area contributed by atoms with E-state index in [2.05, 4.69) is 10.3 Å². The van der Waals surface area contributed by atoms with Gasteiger partial charge in [-0.25, -0.2) is 4.98 Å². The second-order valence-electron chi connectivity index (χ2n) is 4.44. The zero-order valence-electron chi connectivity index (χ0n) is 11.1. The molecule has 1 heterocycles. The second kappa shape index (κ2) is 5.84. The van der Waals surface area contributed by atoms with Gasteiger partial charge in [0.05, 0.1) is 10.7 Å². The summed E-state index contributed by atoms with van der Waals surface area (Å²) in [6, 6.07) is 5.30. The van der Waals surface area contributed by atoms with Gasteiger partial charge in [0.25, 0.3) is 5.91 Å². The molecule has 0 spiro atoms. The minimum absolute atomic E-state index is 0.0740. The van der Waals surface area contributed by atoms with Crippen molar-refractivity contribution in [1.82, 2.24) is 10.3 Å². The Morgan fingerprint density at radius 2 is 2.21 bits per heavy atom. The lowest BCUT2D eigenvalue weighted by atomic mass is 10.1. The third-order valence-corrected chi connectivity index (χ3v) is 3.69. The normalized spacial score (nSPS) is 10.4. The lowest BCUT2D eigenvalue weighted by Crippen LogP contribution is -2.25. The average Bonchev–Trinajstić information content (AvgIpc) is 2.78. The molecule has 0 radical (unpaired) electrons. The Morgan fingerprint density at radius 3 is 2.84 bits per heavy atom. The van der Waals surface area contributed by atoms with Gasteiger partial charge in [-0.15, -0.1) is 11.3 Å². The van der Waals surface area contributed by atoms with Crippen LogP contribution in [0.15, 0.2) is 23.6 Å². The molecule has 5 heteroatoms. The minimum atomic E-state index is -0.0740. The molecule has 0 saturated heterocycles. The van der Waals surface area contributed by atoms with Crippen LogP contribution in [0.4, 0.5) is 5.69 Å². The zero-order valence-corrected chi connectivity index (χ0v) is 11.9. The monoisotopic (exact) mass is 275 g/mol. The van der Waals surface area contributed by atoms with Crippen molar-refractivity contribution in [2.75, 3.05) is 12.3 Å². The van der Waals surface area contributed by atoms with Crippen LogP contribution in [0.5, 0.6) is 0 Å². The Kier molecular flexibility index (Phi) is 4.16. The molecule has 0 fully saturated rings. The van der Waals surface area contributed by atoms with Crippen molar-refractivity contribution in [1.29, 1.82) is 0 Å². The van der Waals surface area contributed by atoms with Crippen LogP contribution < -0.4 is 11.1 Å². The van der Waals surface area contributed by atoms with Crippen LogP contribution in [-0.4, -0.2) is 17.4 Å². The molecule has 0 atom stereocenters. The largest absolute Gasteiger partial charge is 0.399 e. The van der Waals surface area contributed by atoms with E-state index in [4.69, 9.17) is 5.73 Å². The number of nitrogens with two attached hydrogens (primary N) is 1. The standard InChI is InChI=1S/C14H17N3OS/c1-9-7-11(3-4-13(9)15)14(18)16-6-5-12-8-19-10(2)17-12/h3-4,7-8H,5-6,15H2,1-2H3,(H,16,18). The molecule has 1 amide bonds. The Balaban J connectivity index is 1.89. The van der Waals surface area contributed by atoms with Gasteiger partial charge in [-0.05, 0) is 37.6 Å². The van der Waals surface area contributed by atoms with Gasteiger partial charge in [-0.3, -0.25) is 4.79 Å². The van der Waals surface area contributed by atoms with Crippen LogP contribution in [0.3, 0.4) is 0 Å². The Morgan fingerprint density at radius 1 is 1.42 bits per heavy atom. The third-order valence-electron chi connectivity index (χ3n) is 2.87. The highest BCUT2D eigenvalue weighted by molar-refractivity contribution is 7.09.